The molecule has 0 aromatic rings. The number of carbonyl (C=O) groups is 3. The number of hydrogen-bond donors (Lipinski definition) is 0. The Kier molecular flexibility index (Phi) is 30.6. The third kappa shape index (κ3) is 31.6. The Balaban J connectivity index is 4.36. The summed E-state index contributed by atoms with van der Waals surface area (Å²) in [6.07, 6.45) is 26.8. The molecular formula is C37H70O6. The second kappa shape index (κ2) is 31.8. The van der Waals surface area contributed by atoms with Gasteiger partial charge in [-0.2, -0.15) is 0 Å². The van der Waals surface area contributed by atoms with Gasteiger partial charge in [-0.3, -0.25) is 14.4 Å². The molecule has 0 bridgehead atoms. The molecule has 0 saturated heterocycles. The van der Waals surface area contributed by atoms with E-state index in [1.54, 1.807) is 0 Å². The molecule has 0 aromatic heterocycles. The molecule has 0 amide bonds. The molecule has 0 heterocycles. The summed E-state index contributed by atoms with van der Waals surface area (Å²) >= 11 is 0. The first kappa shape index (κ1) is 41.4. The van der Waals surface area contributed by atoms with Crippen LogP contribution in [-0.4, -0.2) is 37.2 Å². The van der Waals surface area contributed by atoms with Crippen LogP contribution in [0.2, 0.25) is 0 Å². The molecule has 0 rings (SSSR count). The molecule has 0 unspecified atom stereocenters. The minimum Gasteiger partial charge on any atom is -0.462 e. The van der Waals surface area contributed by atoms with Gasteiger partial charge in [-0.1, -0.05) is 156 Å². The molecular weight excluding hydrogens is 540 g/mol. The monoisotopic (exact) mass is 611 g/mol. The van der Waals surface area contributed by atoms with Gasteiger partial charge >= 0.3 is 17.9 Å². The van der Waals surface area contributed by atoms with E-state index >= 15 is 0 Å². The third-order valence-electron chi connectivity index (χ3n) is 8.04. The maximum absolute atomic E-state index is 12.5. The Morgan fingerprint density at radius 1 is 0.442 bits per heavy atom. The van der Waals surface area contributed by atoms with E-state index in [1.807, 2.05) is 0 Å². The molecule has 0 spiro atoms. The molecule has 43 heavy (non-hydrogen) atoms. The SMILES string of the molecule is CCCCCCCCCCCC(=O)O[C@@H](COC(=O)CCCCCCCCC)COC(=O)CCCCCCCCC(C)C. The van der Waals surface area contributed by atoms with Crippen molar-refractivity contribution in [1.82, 2.24) is 0 Å². The highest BCUT2D eigenvalue weighted by molar-refractivity contribution is 5.71. The molecule has 0 fully saturated rings. The van der Waals surface area contributed by atoms with E-state index in [4.69, 9.17) is 14.2 Å². The maximum Gasteiger partial charge on any atom is 0.306 e. The van der Waals surface area contributed by atoms with Crippen molar-refractivity contribution in [2.45, 2.75) is 201 Å². The van der Waals surface area contributed by atoms with Crippen LogP contribution < -0.4 is 0 Å². The number of hydrogen-bond acceptors (Lipinski definition) is 6. The third-order valence-corrected chi connectivity index (χ3v) is 8.04. The number of rotatable bonds is 32. The second-order valence-electron chi connectivity index (χ2n) is 13.0. The molecule has 0 saturated carbocycles. The van der Waals surface area contributed by atoms with Crippen LogP contribution in [0.4, 0.5) is 0 Å². The van der Waals surface area contributed by atoms with Gasteiger partial charge in [0, 0.05) is 19.3 Å². The van der Waals surface area contributed by atoms with Gasteiger partial charge in [0.15, 0.2) is 6.10 Å². The normalized spacial score (nSPS) is 11.9. The van der Waals surface area contributed by atoms with E-state index in [9.17, 15) is 14.4 Å². The molecule has 0 N–H and O–H groups in total. The minimum atomic E-state index is -0.756. The van der Waals surface area contributed by atoms with E-state index in [0.717, 1.165) is 63.7 Å². The van der Waals surface area contributed by atoms with Gasteiger partial charge in [-0.05, 0) is 25.2 Å². The van der Waals surface area contributed by atoms with Crippen molar-refractivity contribution in [3.8, 4) is 0 Å². The van der Waals surface area contributed by atoms with Gasteiger partial charge in [0.1, 0.15) is 13.2 Å². The lowest BCUT2D eigenvalue weighted by molar-refractivity contribution is -0.167. The van der Waals surface area contributed by atoms with Crippen LogP contribution in [0.25, 0.3) is 0 Å². The highest BCUT2D eigenvalue weighted by atomic mass is 16.6. The first-order valence-corrected chi connectivity index (χ1v) is 18.4. The molecule has 1 atom stereocenters. The van der Waals surface area contributed by atoms with Crippen LogP contribution in [0.1, 0.15) is 195 Å². The van der Waals surface area contributed by atoms with Crippen molar-refractivity contribution in [1.29, 1.82) is 0 Å². The quantitative estimate of drug-likeness (QED) is 0.0428. The van der Waals surface area contributed by atoms with Crippen molar-refractivity contribution < 1.29 is 28.6 Å². The van der Waals surface area contributed by atoms with E-state index in [2.05, 4.69) is 27.7 Å². The standard InChI is InChI=1S/C37H70O6/c1-5-7-9-11-13-14-16-22-26-30-37(40)43-34(31-41-35(38)28-24-20-15-12-10-8-6-2)32-42-36(39)29-25-21-18-17-19-23-27-33(3)4/h33-34H,5-32H2,1-4H3/t34-/m0/s1. The molecule has 6 heteroatoms. The number of ether oxygens (including phenoxy) is 3. The fourth-order valence-electron chi connectivity index (χ4n) is 5.21. The number of carbonyl (C=O) groups excluding carboxylic acids is 3. The average Bonchev–Trinajstić information content (AvgIpc) is 2.98. The van der Waals surface area contributed by atoms with Crippen molar-refractivity contribution >= 4 is 17.9 Å². The molecule has 0 aliphatic rings. The lowest BCUT2D eigenvalue weighted by Gasteiger charge is -2.18. The molecule has 0 aromatic carbocycles. The summed E-state index contributed by atoms with van der Waals surface area (Å²) in [5.74, 6) is -0.117. The fraction of sp³-hybridized carbons (Fsp3) is 0.919. The van der Waals surface area contributed by atoms with Crippen LogP contribution in [0.15, 0.2) is 0 Å². The first-order valence-electron chi connectivity index (χ1n) is 18.4. The molecule has 0 aliphatic carbocycles. The second-order valence-corrected chi connectivity index (χ2v) is 13.0. The minimum absolute atomic E-state index is 0.0670. The van der Waals surface area contributed by atoms with Crippen molar-refractivity contribution in [3.05, 3.63) is 0 Å². The zero-order valence-corrected chi connectivity index (χ0v) is 28.9. The molecule has 0 aliphatic heterocycles. The van der Waals surface area contributed by atoms with Gasteiger partial charge < -0.3 is 14.2 Å². The zero-order chi connectivity index (χ0) is 31.8. The number of unbranched alkanes of at least 4 members (excludes halogenated alkanes) is 19. The van der Waals surface area contributed by atoms with Gasteiger partial charge in [-0.25, -0.2) is 0 Å². The molecule has 0 radical (unpaired) electrons. The van der Waals surface area contributed by atoms with Crippen LogP contribution in [0, 0.1) is 5.92 Å². The summed E-state index contributed by atoms with van der Waals surface area (Å²) in [4.78, 5) is 37.2. The predicted molar refractivity (Wildman–Crippen MR) is 178 cm³/mol. The Hall–Kier alpha value is -1.59. The van der Waals surface area contributed by atoms with Crippen LogP contribution in [0.3, 0.4) is 0 Å². The van der Waals surface area contributed by atoms with Crippen LogP contribution in [-0.2, 0) is 28.6 Å². The van der Waals surface area contributed by atoms with Crippen molar-refractivity contribution in [2.75, 3.05) is 13.2 Å². The maximum atomic E-state index is 12.5. The highest BCUT2D eigenvalue weighted by Gasteiger charge is 2.19. The van der Waals surface area contributed by atoms with Gasteiger partial charge in [0.25, 0.3) is 0 Å². The van der Waals surface area contributed by atoms with Gasteiger partial charge in [0.05, 0.1) is 0 Å². The summed E-state index contributed by atoms with van der Waals surface area (Å²) in [7, 11) is 0. The predicted octanol–water partition coefficient (Wildman–Crippen LogP) is 10.8. The lowest BCUT2D eigenvalue weighted by atomic mass is 10.0. The summed E-state index contributed by atoms with van der Waals surface area (Å²) in [5.41, 5.74) is 0. The molecule has 254 valence electrons. The van der Waals surface area contributed by atoms with Crippen molar-refractivity contribution in [3.63, 3.8) is 0 Å². The Morgan fingerprint density at radius 3 is 1.14 bits per heavy atom. The van der Waals surface area contributed by atoms with E-state index in [0.29, 0.717) is 19.3 Å². The van der Waals surface area contributed by atoms with Crippen LogP contribution >= 0.6 is 0 Å². The molecule has 6 nitrogen and oxygen atoms in total. The van der Waals surface area contributed by atoms with E-state index in [-0.39, 0.29) is 31.1 Å². The summed E-state index contributed by atoms with van der Waals surface area (Å²) in [6, 6.07) is 0. The Bertz CT molecular complexity index is 647. The van der Waals surface area contributed by atoms with Gasteiger partial charge in [-0.15, -0.1) is 0 Å². The van der Waals surface area contributed by atoms with E-state index < -0.39 is 6.10 Å². The number of esters is 3. The summed E-state index contributed by atoms with van der Waals surface area (Å²) < 4.78 is 16.5. The summed E-state index contributed by atoms with van der Waals surface area (Å²) in [5, 5.41) is 0. The smallest absolute Gasteiger partial charge is 0.306 e. The Morgan fingerprint density at radius 2 is 0.767 bits per heavy atom. The largest absolute Gasteiger partial charge is 0.462 e. The Labute approximate surface area is 266 Å². The van der Waals surface area contributed by atoms with Crippen LogP contribution in [0.5, 0.6) is 0 Å². The topological polar surface area (TPSA) is 78.9 Å². The lowest BCUT2D eigenvalue weighted by Crippen LogP contribution is -2.30. The fourth-order valence-corrected chi connectivity index (χ4v) is 5.21. The van der Waals surface area contributed by atoms with Crippen molar-refractivity contribution in [2.24, 2.45) is 5.92 Å². The summed E-state index contributed by atoms with van der Waals surface area (Å²) in [6.45, 7) is 8.82. The average molecular weight is 611 g/mol. The van der Waals surface area contributed by atoms with Gasteiger partial charge in [0.2, 0.25) is 0 Å². The zero-order valence-electron chi connectivity index (χ0n) is 28.9. The first-order chi connectivity index (χ1) is 20.9. The highest BCUT2D eigenvalue weighted by Crippen LogP contribution is 2.14. The van der Waals surface area contributed by atoms with E-state index in [1.165, 1.54) is 89.9 Å².